The molecule has 19 heavy (non-hydrogen) atoms. The molecular weight excluding hydrogens is 246 g/mol. The van der Waals surface area contributed by atoms with Crippen LogP contribution in [0.4, 0.5) is 4.79 Å². The first-order valence-electron chi connectivity index (χ1n) is 6.63. The first-order chi connectivity index (χ1) is 8.38. The largest absolute Gasteiger partial charge is 0.479 e. The average Bonchev–Trinajstić information content (AvgIpc) is 2.33. The summed E-state index contributed by atoms with van der Waals surface area (Å²) in [4.78, 5) is 23.5. The monoisotopic (exact) mass is 271 g/mol. The van der Waals surface area contributed by atoms with E-state index in [4.69, 9.17) is 4.74 Å². The van der Waals surface area contributed by atoms with Crippen LogP contribution in [0.15, 0.2) is 0 Å². The van der Waals surface area contributed by atoms with Crippen LogP contribution in [-0.4, -0.2) is 28.3 Å². The van der Waals surface area contributed by atoms with Crippen LogP contribution in [0.25, 0.3) is 0 Å². The van der Waals surface area contributed by atoms with Crippen LogP contribution in [0.5, 0.6) is 0 Å². The predicted octanol–water partition coefficient (Wildman–Crippen LogP) is 2.79. The number of amides is 1. The van der Waals surface area contributed by atoms with Gasteiger partial charge in [-0.05, 0) is 44.9 Å². The van der Waals surface area contributed by atoms with Gasteiger partial charge >= 0.3 is 12.1 Å². The highest BCUT2D eigenvalue weighted by molar-refractivity contribution is 5.85. The summed E-state index contributed by atoms with van der Waals surface area (Å²) in [7, 11) is 0. The Morgan fingerprint density at radius 1 is 1.32 bits per heavy atom. The molecule has 110 valence electrons. The molecule has 0 radical (unpaired) electrons. The highest BCUT2D eigenvalue weighted by atomic mass is 16.6. The molecule has 5 nitrogen and oxygen atoms in total. The third-order valence-corrected chi connectivity index (χ3v) is 3.56. The number of alkyl carbamates (subject to hydrolysis) is 1. The smallest absolute Gasteiger partial charge is 0.408 e. The van der Waals surface area contributed by atoms with Gasteiger partial charge in [0.15, 0.2) is 0 Å². The summed E-state index contributed by atoms with van der Waals surface area (Å²) in [6.45, 7) is 11.2. The molecule has 0 aromatic heterocycles. The maximum atomic E-state index is 11.9. The minimum atomic E-state index is -1.23. The highest BCUT2D eigenvalue weighted by Crippen LogP contribution is 2.47. The molecule has 2 N–H and O–H groups in total. The fourth-order valence-corrected chi connectivity index (χ4v) is 3.00. The van der Waals surface area contributed by atoms with E-state index in [-0.39, 0.29) is 11.3 Å². The fraction of sp³-hybridized carbons (Fsp3) is 0.857. The molecule has 2 atom stereocenters. The molecule has 0 saturated heterocycles. The maximum absolute atomic E-state index is 11.9. The molecule has 0 unspecified atom stereocenters. The third kappa shape index (κ3) is 3.61. The lowest BCUT2D eigenvalue weighted by Gasteiger charge is -2.32. The number of hydrogen-bond acceptors (Lipinski definition) is 3. The van der Waals surface area contributed by atoms with E-state index in [9.17, 15) is 14.7 Å². The summed E-state index contributed by atoms with van der Waals surface area (Å²) >= 11 is 0. The van der Waals surface area contributed by atoms with Crippen LogP contribution in [0.3, 0.4) is 0 Å². The zero-order valence-electron chi connectivity index (χ0n) is 12.7. The van der Waals surface area contributed by atoms with Gasteiger partial charge in [-0.1, -0.05) is 20.8 Å². The van der Waals surface area contributed by atoms with E-state index in [2.05, 4.69) is 5.32 Å². The van der Waals surface area contributed by atoms with Crippen molar-refractivity contribution in [2.45, 2.75) is 65.5 Å². The first-order valence-corrected chi connectivity index (χ1v) is 6.63. The SMILES string of the molecule is C[C@@H]1CC(C)(C)C[C@]1(NC(=O)OC(C)(C)C)C(=O)O. The van der Waals surface area contributed by atoms with E-state index >= 15 is 0 Å². The van der Waals surface area contributed by atoms with Gasteiger partial charge in [-0.25, -0.2) is 9.59 Å². The second kappa shape index (κ2) is 4.69. The average molecular weight is 271 g/mol. The summed E-state index contributed by atoms with van der Waals surface area (Å²) < 4.78 is 5.18. The fourth-order valence-electron chi connectivity index (χ4n) is 3.00. The van der Waals surface area contributed by atoms with E-state index in [1.807, 2.05) is 20.8 Å². The molecule has 0 aromatic rings. The number of carbonyl (C=O) groups is 2. The van der Waals surface area contributed by atoms with Crippen molar-refractivity contribution in [1.29, 1.82) is 0 Å². The Balaban J connectivity index is 2.91. The van der Waals surface area contributed by atoms with E-state index in [0.29, 0.717) is 6.42 Å². The first kappa shape index (κ1) is 15.8. The zero-order valence-corrected chi connectivity index (χ0v) is 12.7. The molecule has 1 aliphatic rings. The van der Waals surface area contributed by atoms with Crippen molar-refractivity contribution in [2.24, 2.45) is 11.3 Å². The summed E-state index contributed by atoms with van der Waals surface area (Å²) in [6, 6.07) is 0. The normalized spacial score (nSPS) is 29.9. The highest BCUT2D eigenvalue weighted by Gasteiger charge is 2.55. The Morgan fingerprint density at radius 2 is 1.84 bits per heavy atom. The van der Waals surface area contributed by atoms with Gasteiger partial charge in [0, 0.05) is 0 Å². The molecule has 5 heteroatoms. The topological polar surface area (TPSA) is 75.6 Å². The minimum Gasteiger partial charge on any atom is -0.479 e. The molecule has 1 aliphatic carbocycles. The summed E-state index contributed by atoms with van der Waals surface area (Å²) in [6.07, 6.45) is 0.504. The van der Waals surface area contributed by atoms with Crippen LogP contribution < -0.4 is 5.32 Å². The Morgan fingerprint density at radius 3 is 2.16 bits per heavy atom. The molecule has 1 saturated carbocycles. The lowest BCUT2D eigenvalue weighted by Crippen LogP contribution is -2.57. The summed E-state index contributed by atoms with van der Waals surface area (Å²) in [5.74, 6) is -1.12. The van der Waals surface area contributed by atoms with Gasteiger partial charge in [0.05, 0.1) is 0 Å². The van der Waals surface area contributed by atoms with Crippen molar-refractivity contribution in [3.63, 3.8) is 0 Å². The van der Waals surface area contributed by atoms with Crippen LogP contribution in [-0.2, 0) is 9.53 Å². The Bertz CT molecular complexity index is 383. The van der Waals surface area contributed by atoms with E-state index < -0.39 is 23.2 Å². The predicted molar refractivity (Wildman–Crippen MR) is 71.9 cm³/mol. The molecule has 0 bridgehead atoms. The number of carboxylic acids is 1. The van der Waals surface area contributed by atoms with Crippen LogP contribution in [0, 0.1) is 11.3 Å². The van der Waals surface area contributed by atoms with E-state index in [1.54, 1.807) is 20.8 Å². The van der Waals surface area contributed by atoms with Crippen LogP contribution in [0.1, 0.15) is 54.4 Å². The lowest BCUT2D eigenvalue weighted by molar-refractivity contribution is -0.146. The Hall–Kier alpha value is -1.26. The van der Waals surface area contributed by atoms with Crippen molar-refractivity contribution in [3.05, 3.63) is 0 Å². The maximum Gasteiger partial charge on any atom is 0.408 e. The standard InChI is InChI=1S/C14H25NO4/c1-9-7-13(5,6)8-14(9,10(16)17)15-11(18)19-12(2,3)4/h9H,7-8H2,1-6H3,(H,15,18)(H,16,17)/t9-,14-/m1/s1. The number of carbonyl (C=O) groups excluding carboxylic acids is 1. The van der Waals surface area contributed by atoms with Gasteiger partial charge in [-0.15, -0.1) is 0 Å². The van der Waals surface area contributed by atoms with Crippen molar-refractivity contribution < 1.29 is 19.4 Å². The minimum absolute atomic E-state index is 0.104. The van der Waals surface area contributed by atoms with Gasteiger partial charge in [0.1, 0.15) is 11.1 Å². The zero-order chi connectivity index (χ0) is 15.1. The lowest BCUT2D eigenvalue weighted by atomic mass is 9.86. The molecular formula is C14H25NO4. The molecule has 0 heterocycles. The second-order valence-electron chi connectivity index (χ2n) is 7.35. The number of nitrogens with one attached hydrogen (secondary N) is 1. The molecule has 1 fully saturated rings. The van der Waals surface area contributed by atoms with Gasteiger partial charge in [-0.2, -0.15) is 0 Å². The third-order valence-electron chi connectivity index (χ3n) is 3.56. The number of rotatable bonds is 2. The molecule has 0 spiro atoms. The molecule has 1 amide bonds. The van der Waals surface area contributed by atoms with Gasteiger partial charge in [0.2, 0.25) is 0 Å². The van der Waals surface area contributed by atoms with E-state index in [1.165, 1.54) is 0 Å². The summed E-state index contributed by atoms with van der Waals surface area (Å²) in [5, 5.41) is 12.1. The molecule has 0 aliphatic heterocycles. The molecule has 0 aromatic carbocycles. The van der Waals surface area contributed by atoms with E-state index in [0.717, 1.165) is 6.42 Å². The van der Waals surface area contributed by atoms with Crippen molar-refractivity contribution in [2.75, 3.05) is 0 Å². The van der Waals surface area contributed by atoms with Crippen LogP contribution in [0.2, 0.25) is 0 Å². The molecule has 1 rings (SSSR count). The second-order valence-corrected chi connectivity index (χ2v) is 7.35. The number of ether oxygens (including phenoxy) is 1. The van der Waals surface area contributed by atoms with Gasteiger partial charge in [0.25, 0.3) is 0 Å². The summed E-state index contributed by atoms with van der Waals surface area (Å²) in [5.41, 5.74) is -1.97. The Kier molecular flexibility index (Phi) is 3.90. The van der Waals surface area contributed by atoms with Gasteiger partial charge in [-0.3, -0.25) is 0 Å². The van der Waals surface area contributed by atoms with Crippen molar-refractivity contribution in [3.8, 4) is 0 Å². The Labute approximate surface area is 114 Å². The quantitative estimate of drug-likeness (QED) is 0.809. The number of carboxylic acid groups (broad SMARTS) is 1. The van der Waals surface area contributed by atoms with Crippen molar-refractivity contribution >= 4 is 12.1 Å². The van der Waals surface area contributed by atoms with Crippen LogP contribution >= 0.6 is 0 Å². The van der Waals surface area contributed by atoms with Crippen molar-refractivity contribution in [1.82, 2.24) is 5.32 Å². The number of aliphatic carboxylic acids is 1. The van der Waals surface area contributed by atoms with Gasteiger partial charge < -0.3 is 15.2 Å². The number of hydrogen-bond donors (Lipinski definition) is 2.